The van der Waals surface area contributed by atoms with Gasteiger partial charge in [-0.3, -0.25) is 0 Å². The number of nitrogens with one attached hydrogen (secondary N) is 1. The molecule has 0 unspecified atom stereocenters. The second kappa shape index (κ2) is 5.11. The third-order valence-electron chi connectivity index (χ3n) is 2.71. The summed E-state index contributed by atoms with van der Waals surface area (Å²) in [6.45, 7) is 2.00. The molecule has 2 aromatic rings. The lowest BCUT2D eigenvalue weighted by molar-refractivity contribution is 0.597. The van der Waals surface area contributed by atoms with Gasteiger partial charge in [0, 0.05) is 12.3 Å². The third-order valence-corrected chi connectivity index (χ3v) is 5.21. The van der Waals surface area contributed by atoms with E-state index in [2.05, 4.69) is 10.3 Å². The van der Waals surface area contributed by atoms with Crippen LogP contribution in [0.1, 0.15) is 6.92 Å². The first kappa shape index (κ1) is 13.1. The number of nitrogen functional groups attached to an aromatic ring is 1. The van der Waals surface area contributed by atoms with E-state index in [0.29, 0.717) is 12.2 Å². The molecule has 0 saturated heterocycles. The highest BCUT2D eigenvalue weighted by Crippen LogP contribution is 2.29. The van der Waals surface area contributed by atoms with Gasteiger partial charge in [-0.05, 0) is 12.1 Å². The first-order chi connectivity index (χ1) is 8.53. The number of nitrogens with two attached hydrogens (primary N) is 1. The van der Waals surface area contributed by atoms with Crippen LogP contribution in [-0.4, -0.2) is 31.5 Å². The second-order valence-electron chi connectivity index (χ2n) is 3.89. The number of rotatable bonds is 5. The van der Waals surface area contributed by atoms with Crippen LogP contribution in [-0.2, 0) is 9.84 Å². The molecule has 0 aliphatic carbocycles. The summed E-state index contributed by atoms with van der Waals surface area (Å²) in [5.74, 6) is 0.271. The molecule has 0 spiro atoms. The van der Waals surface area contributed by atoms with Gasteiger partial charge in [-0.25, -0.2) is 13.4 Å². The molecule has 1 heterocycles. The largest absolute Gasteiger partial charge is 0.395 e. The summed E-state index contributed by atoms with van der Waals surface area (Å²) in [4.78, 5) is 4.19. The second-order valence-corrected chi connectivity index (χ2v) is 7.25. The fourth-order valence-corrected chi connectivity index (χ4v) is 2.99. The molecule has 0 atom stereocenters. The van der Waals surface area contributed by atoms with Crippen molar-refractivity contribution in [2.45, 2.75) is 6.92 Å². The van der Waals surface area contributed by atoms with Gasteiger partial charge in [0.1, 0.15) is 5.52 Å². The zero-order valence-corrected chi connectivity index (χ0v) is 11.6. The Morgan fingerprint density at radius 1 is 1.44 bits per heavy atom. The Hall–Kier alpha value is -1.34. The molecule has 98 valence electrons. The van der Waals surface area contributed by atoms with E-state index in [0.717, 1.165) is 15.9 Å². The number of hydrogen-bond donors (Lipinski definition) is 2. The zero-order chi connectivity index (χ0) is 13.2. The number of anilines is 2. The Kier molecular flexibility index (Phi) is 3.72. The SMILES string of the molecule is CCS(=O)(=O)CCNc1ccc2scnc2c1N. The summed E-state index contributed by atoms with van der Waals surface area (Å²) < 4.78 is 23.8. The molecule has 2 rings (SSSR count). The van der Waals surface area contributed by atoms with E-state index in [1.165, 1.54) is 11.3 Å². The van der Waals surface area contributed by atoms with Crippen molar-refractivity contribution in [3.05, 3.63) is 17.6 Å². The minimum Gasteiger partial charge on any atom is -0.395 e. The monoisotopic (exact) mass is 285 g/mol. The molecule has 0 aliphatic heterocycles. The Morgan fingerprint density at radius 2 is 2.22 bits per heavy atom. The van der Waals surface area contributed by atoms with Gasteiger partial charge in [0.15, 0.2) is 9.84 Å². The average Bonchev–Trinajstić information content (AvgIpc) is 2.81. The smallest absolute Gasteiger partial charge is 0.151 e. The quantitative estimate of drug-likeness (QED) is 0.817. The van der Waals surface area contributed by atoms with E-state index in [1.54, 1.807) is 12.4 Å². The molecule has 7 heteroatoms. The average molecular weight is 285 g/mol. The number of fused-ring (bicyclic) bond motifs is 1. The number of nitrogens with zero attached hydrogens (tertiary/aromatic N) is 1. The molecule has 0 aliphatic rings. The van der Waals surface area contributed by atoms with E-state index < -0.39 is 9.84 Å². The van der Waals surface area contributed by atoms with Gasteiger partial charge in [-0.15, -0.1) is 11.3 Å². The van der Waals surface area contributed by atoms with Crippen LogP contribution in [0.5, 0.6) is 0 Å². The number of aromatic nitrogens is 1. The van der Waals surface area contributed by atoms with Crippen LogP contribution in [0, 0.1) is 0 Å². The maximum Gasteiger partial charge on any atom is 0.151 e. The maximum atomic E-state index is 11.4. The maximum absolute atomic E-state index is 11.4. The summed E-state index contributed by atoms with van der Waals surface area (Å²) in [6, 6.07) is 3.79. The molecule has 0 radical (unpaired) electrons. The molecule has 0 bridgehead atoms. The van der Waals surface area contributed by atoms with Crippen molar-refractivity contribution >= 4 is 42.8 Å². The summed E-state index contributed by atoms with van der Waals surface area (Å²) in [7, 11) is -2.95. The lowest BCUT2D eigenvalue weighted by Crippen LogP contribution is -2.17. The number of thiazole rings is 1. The van der Waals surface area contributed by atoms with E-state index in [9.17, 15) is 8.42 Å². The summed E-state index contributed by atoms with van der Waals surface area (Å²) in [6.07, 6.45) is 0. The van der Waals surface area contributed by atoms with Crippen molar-refractivity contribution in [1.82, 2.24) is 4.98 Å². The van der Waals surface area contributed by atoms with Crippen LogP contribution in [0.4, 0.5) is 11.4 Å². The van der Waals surface area contributed by atoms with Gasteiger partial charge in [-0.1, -0.05) is 6.92 Å². The molecule has 0 fully saturated rings. The van der Waals surface area contributed by atoms with Gasteiger partial charge >= 0.3 is 0 Å². The highest BCUT2D eigenvalue weighted by atomic mass is 32.2. The normalized spacial score (nSPS) is 11.8. The predicted octanol–water partition coefficient (Wildman–Crippen LogP) is 1.73. The summed E-state index contributed by atoms with van der Waals surface area (Å²) >= 11 is 1.53. The van der Waals surface area contributed by atoms with Crippen LogP contribution >= 0.6 is 11.3 Å². The Morgan fingerprint density at radius 3 is 2.94 bits per heavy atom. The molecule has 5 nitrogen and oxygen atoms in total. The van der Waals surface area contributed by atoms with Gasteiger partial charge in [0.2, 0.25) is 0 Å². The highest BCUT2D eigenvalue weighted by molar-refractivity contribution is 7.91. The molecule has 3 N–H and O–H groups in total. The van der Waals surface area contributed by atoms with Crippen molar-refractivity contribution in [3.63, 3.8) is 0 Å². The standard InChI is InChI=1S/C11H15N3O2S2/c1-2-18(15,16)6-5-13-8-3-4-9-11(10(8)12)14-7-17-9/h3-4,7,13H,2,5-6,12H2,1H3. The topological polar surface area (TPSA) is 85.1 Å². The van der Waals surface area contributed by atoms with Crippen LogP contribution < -0.4 is 11.1 Å². The van der Waals surface area contributed by atoms with Gasteiger partial charge in [-0.2, -0.15) is 0 Å². The number of benzene rings is 1. The van der Waals surface area contributed by atoms with Gasteiger partial charge in [0.05, 0.1) is 27.3 Å². The van der Waals surface area contributed by atoms with E-state index >= 15 is 0 Å². The highest BCUT2D eigenvalue weighted by Gasteiger charge is 2.09. The number of hydrogen-bond acceptors (Lipinski definition) is 6. The van der Waals surface area contributed by atoms with Crippen molar-refractivity contribution in [2.75, 3.05) is 29.1 Å². The van der Waals surface area contributed by atoms with Crippen molar-refractivity contribution in [3.8, 4) is 0 Å². The van der Waals surface area contributed by atoms with Crippen molar-refractivity contribution < 1.29 is 8.42 Å². The van der Waals surface area contributed by atoms with Crippen LogP contribution in [0.15, 0.2) is 17.6 Å². The van der Waals surface area contributed by atoms with E-state index in [1.807, 2.05) is 12.1 Å². The zero-order valence-electron chi connectivity index (χ0n) is 10.0. The molecular weight excluding hydrogens is 270 g/mol. The van der Waals surface area contributed by atoms with Crippen LogP contribution in [0.25, 0.3) is 10.2 Å². The molecular formula is C11H15N3O2S2. The van der Waals surface area contributed by atoms with E-state index in [-0.39, 0.29) is 11.5 Å². The Labute approximate surface area is 110 Å². The summed E-state index contributed by atoms with van der Waals surface area (Å²) in [5.41, 5.74) is 9.80. The molecule has 0 amide bonds. The third kappa shape index (κ3) is 2.73. The molecule has 0 saturated carbocycles. The minimum absolute atomic E-state index is 0.109. The minimum atomic E-state index is -2.95. The van der Waals surface area contributed by atoms with Crippen LogP contribution in [0.3, 0.4) is 0 Å². The summed E-state index contributed by atoms with van der Waals surface area (Å²) in [5, 5.41) is 3.05. The van der Waals surface area contributed by atoms with Crippen molar-refractivity contribution in [1.29, 1.82) is 0 Å². The van der Waals surface area contributed by atoms with Gasteiger partial charge in [0.25, 0.3) is 0 Å². The fourth-order valence-electron chi connectivity index (χ4n) is 1.59. The molecule has 1 aromatic heterocycles. The Bertz CT molecular complexity index is 649. The lowest BCUT2D eigenvalue weighted by atomic mass is 10.2. The van der Waals surface area contributed by atoms with Crippen LogP contribution in [0.2, 0.25) is 0 Å². The van der Waals surface area contributed by atoms with E-state index in [4.69, 9.17) is 5.73 Å². The lowest BCUT2D eigenvalue weighted by Gasteiger charge is -2.09. The number of sulfone groups is 1. The van der Waals surface area contributed by atoms with Crippen molar-refractivity contribution in [2.24, 2.45) is 0 Å². The molecule has 18 heavy (non-hydrogen) atoms. The predicted molar refractivity (Wildman–Crippen MR) is 76.8 cm³/mol. The fraction of sp³-hybridized carbons (Fsp3) is 0.364. The first-order valence-corrected chi connectivity index (χ1v) is 8.29. The Balaban J connectivity index is 2.10. The first-order valence-electron chi connectivity index (χ1n) is 5.59. The molecule has 1 aromatic carbocycles. The van der Waals surface area contributed by atoms with Gasteiger partial charge < -0.3 is 11.1 Å².